The normalized spacial score (nSPS) is 27.1. The SMILES string of the molecule is COC(=O)CCn1cc(CN2CCN(C)[C@H]3CS(=O)(=O)C[C@H]32)cn1. The van der Waals surface area contributed by atoms with Crippen LogP contribution in [0.2, 0.25) is 0 Å². The van der Waals surface area contributed by atoms with E-state index in [2.05, 4.69) is 19.6 Å². The summed E-state index contributed by atoms with van der Waals surface area (Å²) in [6.07, 6.45) is 3.99. The summed E-state index contributed by atoms with van der Waals surface area (Å²) in [6, 6.07) is 0.130. The third-order valence-electron chi connectivity index (χ3n) is 4.91. The van der Waals surface area contributed by atoms with E-state index in [-0.39, 0.29) is 36.0 Å². The van der Waals surface area contributed by atoms with E-state index in [4.69, 9.17) is 0 Å². The highest BCUT2D eigenvalue weighted by Gasteiger charge is 2.45. The van der Waals surface area contributed by atoms with Crippen molar-refractivity contribution >= 4 is 15.8 Å². The molecule has 0 radical (unpaired) electrons. The molecular formula is C15H24N4O4S. The lowest BCUT2D eigenvalue weighted by Gasteiger charge is -2.42. The van der Waals surface area contributed by atoms with Gasteiger partial charge in [-0.05, 0) is 7.05 Å². The molecule has 9 heteroatoms. The Kier molecular flexibility index (Phi) is 4.93. The summed E-state index contributed by atoms with van der Waals surface area (Å²) in [6.45, 7) is 2.88. The number of aromatic nitrogens is 2. The summed E-state index contributed by atoms with van der Waals surface area (Å²) < 4.78 is 30.4. The first kappa shape index (κ1) is 17.4. The summed E-state index contributed by atoms with van der Waals surface area (Å²) in [5, 5.41) is 4.27. The highest BCUT2D eigenvalue weighted by Crippen LogP contribution is 2.27. The molecule has 2 atom stereocenters. The molecule has 134 valence electrons. The first-order valence-corrected chi connectivity index (χ1v) is 9.93. The molecule has 3 rings (SSSR count). The number of fused-ring (bicyclic) bond motifs is 1. The number of likely N-dealkylation sites (N-methyl/N-ethyl adjacent to an activating group) is 1. The second kappa shape index (κ2) is 6.81. The lowest BCUT2D eigenvalue weighted by molar-refractivity contribution is -0.140. The Morgan fingerprint density at radius 3 is 2.83 bits per heavy atom. The molecule has 1 aromatic rings. The second-order valence-corrected chi connectivity index (χ2v) is 8.75. The molecular weight excluding hydrogens is 332 g/mol. The van der Waals surface area contributed by atoms with Gasteiger partial charge in [0.15, 0.2) is 9.84 Å². The van der Waals surface area contributed by atoms with Gasteiger partial charge in [-0.3, -0.25) is 19.3 Å². The van der Waals surface area contributed by atoms with Gasteiger partial charge in [-0.1, -0.05) is 0 Å². The van der Waals surface area contributed by atoms with Crippen molar-refractivity contribution in [2.24, 2.45) is 0 Å². The standard InChI is InChI=1S/C15H24N4O4S/c1-17-5-6-18(14-11-24(21,22)10-13(14)17)8-12-7-16-19(9-12)4-3-15(20)23-2/h7,9,13-14H,3-6,8,10-11H2,1-2H3/t13-,14+/m0/s1. The molecule has 1 aromatic heterocycles. The third kappa shape index (κ3) is 3.79. The number of rotatable bonds is 5. The van der Waals surface area contributed by atoms with E-state index in [1.807, 2.05) is 13.2 Å². The second-order valence-electron chi connectivity index (χ2n) is 6.60. The summed E-state index contributed by atoms with van der Waals surface area (Å²) in [4.78, 5) is 15.6. The Bertz CT molecular complexity index is 702. The van der Waals surface area contributed by atoms with Crippen molar-refractivity contribution in [1.29, 1.82) is 0 Å². The number of carbonyl (C=O) groups excluding carboxylic acids is 1. The number of piperazine rings is 1. The molecule has 0 aromatic carbocycles. The van der Waals surface area contributed by atoms with E-state index in [1.165, 1.54) is 7.11 Å². The number of ether oxygens (including phenoxy) is 1. The highest BCUT2D eigenvalue weighted by atomic mass is 32.2. The lowest BCUT2D eigenvalue weighted by atomic mass is 10.1. The van der Waals surface area contributed by atoms with E-state index in [0.29, 0.717) is 13.1 Å². The van der Waals surface area contributed by atoms with Crippen LogP contribution in [-0.2, 0) is 32.5 Å². The van der Waals surface area contributed by atoms with E-state index >= 15 is 0 Å². The molecule has 2 aliphatic rings. The van der Waals surface area contributed by atoms with Crippen LogP contribution in [0.4, 0.5) is 0 Å². The molecule has 0 unspecified atom stereocenters. The molecule has 3 heterocycles. The number of aryl methyl sites for hydroxylation is 1. The van der Waals surface area contributed by atoms with Crippen LogP contribution in [0.15, 0.2) is 12.4 Å². The molecule has 0 amide bonds. The largest absolute Gasteiger partial charge is 0.469 e. The van der Waals surface area contributed by atoms with Gasteiger partial charge in [0, 0.05) is 43.5 Å². The smallest absolute Gasteiger partial charge is 0.307 e. The van der Waals surface area contributed by atoms with Gasteiger partial charge in [-0.15, -0.1) is 0 Å². The molecule has 2 aliphatic heterocycles. The van der Waals surface area contributed by atoms with E-state index in [0.717, 1.165) is 18.7 Å². The zero-order valence-corrected chi connectivity index (χ0v) is 14.9. The van der Waals surface area contributed by atoms with Gasteiger partial charge >= 0.3 is 5.97 Å². The molecule has 2 saturated heterocycles. The zero-order valence-electron chi connectivity index (χ0n) is 14.1. The average Bonchev–Trinajstić information content (AvgIpc) is 3.11. The van der Waals surface area contributed by atoms with Crippen molar-refractivity contribution in [2.45, 2.75) is 31.6 Å². The number of methoxy groups -OCH3 is 1. The lowest BCUT2D eigenvalue weighted by Crippen LogP contribution is -2.57. The Morgan fingerprint density at radius 2 is 2.08 bits per heavy atom. The van der Waals surface area contributed by atoms with Crippen LogP contribution >= 0.6 is 0 Å². The maximum Gasteiger partial charge on any atom is 0.307 e. The Morgan fingerprint density at radius 1 is 1.33 bits per heavy atom. The van der Waals surface area contributed by atoms with Gasteiger partial charge in [0.25, 0.3) is 0 Å². The quantitative estimate of drug-likeness (QED) is 0.649. The predicted octanol–water partition coefficient (Wildman–Crippen LogP) is -0.641. The van der Waals surface area contributed by atoms with Gasteiger partial charge in [0.1, 0.15) is 0 Å². The first-order valence-electron chi connectivity index (χ1n) is 8.11. The van der Waals surface area contributed by atoms with Gasteiger partial charge in [-0.25, -0.2) is 8.42 Å². The Labute approximate surface area is 142 Å². The molecule has 0 saturated carbocycles. The molecule has 2 fully saturated rings. The van der Waals surface area contributed by atoms with Crippen molar-refractivity contribution in [3.8, 4) is 0 Å². The molecule has 24 heavy (non-hydrogen) atoms. The number of nitrogens with zero attached hydrogens (tertiary/aromatic N) is 4. The monoisotopic (exact) mass is 356 g/mol. The van der Waals surface area contributed by atoms with Crippen molar-refractivity contribution < 1.29 is 17.9 Å². The summed E-state index contributed by atoms with van der Waals surface area (Å²) in [5.41, 5.74) is 1.03. The fourth-order valence-electron chi connectivity index (χ4n) is 3.55. The highest BCUT2D eigenvalue weighted by molar-refractivity contribution is 7.91. The number of hydrogen-bond acceptors (Lipinski definition) is 7. The number of esters is 1. The number of carbonyl (C=O) groups is 1. The molecule has 8 nitrogen and oxygen atoms in total. The maximum absolute atomic E-state index is 12.0. The minimum absolute atomic E-state index is 0.0483. The van der Waals surface area contributed by atoms with E-state index in [1.54, 1.807) is 10.9 Å². The van der Waals surface area contributed by atoms with Gasteiger partial charge < -0.3 is 4.74 Å². The van der Waals surface area contributed by atoms with Gasteiger partial charge in [-0.2, -0.15) is 5.10 Å². The summed E-state index contributed by atoms with van der Waals surface area (Å²) in [7, 11) is 0.414. The summed E-state index contributed by atoms with van der Waals surface area (Å²) in [5.74, 6) is 0.228. The van der Waals surface area contributed by atoms with Crippen molar-refractivity contribution in [1.82, 2.24) is 19.6 Å². The Hall–Kier alpha value is -1.45. The maximum atomic E-state index is 12.0. The van der Waals surface area contributed by atoms with Gasteiger partial charge in [0.2, 0.25) is 0 Å². The van der Waals surface area contributed by atoms with Crippen LogP contribution in [0, 0.1) is 0 Å². The Balaban J connectivity index is 1.63. The predicted molar refractivity (Wildman–Crippen MR) is 88.1 cm³/mol. The van der Waals surface area contributed by atoms with Crippen LogP contribution in [0.1, 0.15) is 12.0 Å². The van der Waals surface area contributed by atoms with Gasteiger partial charge in [0.05, 0.1) is 37.8 Å². The topological polar surface area (TPSA) is 84.7 Å². The van der Waals surface area contributed by atoms with Crippen LogP contribution in [0.25, 0.3) is 0 Å². The fourth-order valence-corrected chi connectivity index (χ4v) is 5.63. The number of sulfone groups is 1. The molecule has 0 N–H and O–H groups in total. The molecule has 0 spiro atoms. The van der Waals surface area contributed by atoms with Crippen LogP contribution < -0.4 is 0 Å². The van der Waals surface area contributed by atoms with E-state index < -0.39 is 9.84 Å². The average molecular weight is 356 g/mol. The van der Waals surface area contributed by atoms with Crippen LogP contribution in [0.5, 0.6) is 0 Å². The molecule has 0 aliphatic carbocycles. The minimum atomic E-state index is -2.96. The zero-order chi connectivity index (χ0) is 17.3. The van der Waals surface area contributed by atoms with Crippen LogP contribution in [-0.4, -0.2) is 84.8 Å². The van der Waals surface area contributed by atoms with E-state index in [9.17, 15) is 13.2 Å². The summed E-state index contributed by atoms with van der Waals surface area (Å²) >= 11 is 0. The first-order chi connectivity index (χ1) is 11.4. The fraction of sp³-hybridized carbons (Fsp3) is 0.733. The minimum Gasteiger partial charge on any atom is -0.469 e. The van der Waals surface area contributed by atoms with Crippen molar-refractivity contribution in [3.05, 3.63) is 18.0 Å². The van der Waals surface area contributed by atoms with Crippen molar-refractivity contribution in [3.63, 3.8) is 0 Å². The molecule has 0 bridgehead atoms. The van der Waals surface area contributed by atoms with Crippen LogP contribution in [0.3, 0.4) is 0 Å². The number of hydrogen-bond donors (Lipinski definition) is 0. The van der Waals surface area contributed by atoms with Crippen molar-refractivity contribution in [2.75, 3.05) is 38.8 Å². The third-order valence-corrected chi connectivity index (χ3v) is 6.61.